The summed E-state index contributed by atoms with van der Waals surface area (Å²) in [6.07, 6.45) is 2.46. The van der Waals surface area contributed by atoms with Gasteiger partial charge in [0.1, 0.15) is 5.54 Å². The molecule has 6 nitrogen and oxygen atoms in total. The molecule has 116 valence electrons. The quantitative estimate of drug-likeness (QED) is 0.686. The van der Waals surface area contributed by atoms with E-state index in [-0.39, 0.29) is 23.5 Å². The number of sulfone groups is 1. The molecule has 0 amide bonds. The third-order valence-electron chi connectivity index (χ3n) is 4.48. The van der Waals surface area contributed by atoms with Gasteiger partial charge in [-0.25, -0.2) is 8.42 Å². The first-order valence-corrected chi connectivity index (χ1v) is 9.02. The van der Waals surface area contributed by atoms with Gasteiger partial charge in [0, 0.05) is 12.6 Å². The average molecular weight is 304 g/mol. The summed E-state index contributed by atoms with van der Waals surface area (Å²) in [5.41, 5.74) is -0.935. The number of likely N-dealkylation sites (N-methyl/N-ethyl adjacent to an activating group) is 2. The van der Waals surface area contributed by atoms with Crippen LogP contribution >= 0.6 is 0 Å². The van der Waals surface area contributed by atoms with Crippen LogP contribution in [0.4, 0.5) is 0 Å². The number of hydrogen-bond acceptors (Lipinski definition) is 5. The summed E-state index contributed by atoms with van der Waals surface area (Å²) in [5.74, 6) is -0.308. The molecule has 2 N–H and O–H groups in total. The van der Waals surface area contributed by atoms with Crippen LogP contribution in [0.2, 0.25) is 0 Å². The fourth-order valence-corrected chi connectivity index (χ4v) is 4.99. The van der Waals surface area contributed by atoms with E-state index in [0.717, 1.165) is 12.8 Å². The van der Waals surface area contributed by atoms with E-state index < -0.39 is 21.3 Å². The van der Waals surface area contributed by atoms with Crippen molar-refractivity contribution in [2.75, 3.05) is 31.6 Å². The van der Waals surface area contributed by atoms with Crippen molar-refractivity contribution < 1.29 is 18.3 Å². The highest BCUT2D eigenvalue weighted by Gasteiger charge is 2.52. The third kappa shape index (κ3) is 3.15. The van der Waals surface area contributed by atoms with Crippen LogP contribution < -0.4 is 5.32 Å². The summed E-state index contributed by atoms with van der Waals surface area (Å²) in [7, 11) is -1.11. The van der Waals surface area contributed by atoms with Gasteiger partial charge in [-0.1, -0.05) is 6.92 Å². The molecule has 0 aromatic carbocycles. The number of nitrogens with one attached hydrogen (secondary N) is 1. The molecule has 2 unspecified atom stereocenters. The van der Waals surface area contributed by atoms with Crippen molar-refractivity contribution in [1.82, 2.24) is 10.2 Å². The highest BCUT2D eigenvalue weighted by molar-refractivity contribution is 7.91. The predicted molar refractivity (Wildman–Crippen MR) is 76.5 cm³/mol. The van der Waals surface area contributed by atoms with Crippen molar-refractivity contribution in [3.63, 3.8) is 0 Å². The van der Waals surface area contributed by atoms with Crippen LogP contribution in [0, 0.1) is 5.92 Å². The number of aliphatic carboxylic acids is 1. The molecule has 1 aliphatic carbocycles. The Morgan fingerprint density at radius 1 is 1.40 bits per heavy atom. The summed E-state index contributed by atoms with van der Waals surface area (Å²) >= 11 is 0. The molecule has 2 fully saturated rings. The molecule has 2 atom stereocenters. The third-order valence-corrected chi connectivity index (χ3v) is 6.23. The molecule has 1 saturated carbocycles. The Kier molecular flexibility index (Phi) is 4.41. The highest BCUT2D eigenvalue weighted by atomic mass is 32.2. The zero-order valence-electron chi connectivity index (χ0n) is 12.1. The molecule has 0 aromatic heterocycles. The summed E-state index contributed by atoms with van der Waals surface area (Å²) in [5, 5.41) is 12.8. The fourth-order valence-electron chi connectivity index (χ4n) is 3.18. The van der Waals surface area contributed by atoms with Crippen molar-refractivity contribution in [3.05, 3.63) is 0 Å². The van der Waals surface area contributed by atoms with Crippen LogP contribution in [0.25, 0.3) is 0 Å². The molecule has 1 heterocycles. The minimum Gasteiger partial charge on any atom is -0.480 e. The number of hydrogen-bond donors (Lipinski definition) is 2. The van der Waals surface area contributed by atoms with Gasteiger partial charge in [0.05, 0.1) is 11.5 Å². The zero-order chi connectivity index (χ0) is 15.0. The number of nitrogens with zero attached hydrogens (tertiary/aromatic N) is 1. The molecule has 2 aliphatic rings. The van der Waals surface area contributed by atoms with Crippen molar-refractivity contribution in [1.29, 1.82) is 0 Å². The van der Waals surface area contributed by atoms with E-state index in [1.807, 2.05) is 18.9 Å². The van der Waals surface area contributed by atoms with E-state index in [1.165, 1.54) is 0 Å². The average Bonchev–Trinajstić information content (AvgIpc) is 3.12. The van der Waals surface area contributed by atoms with E-state index in [4.69, 9.17) is 0 Å². The number of carboxylic acids is 1. The molecule has 0 aromatic rings. The summed E-state index contributed by atoms with van der Waals surface area (Å²) in [6, 6.07) is -0.0591. The Hall–Kier alpha value is -0.660. The lowest BCUT2D eigenvalue weighted by Crippen LogP contribution is -2.61. The Morgan fingerprint density at radius 3 is 2.45 bits per heavy atom. The van der Waals surface area contributed by atoms with E-state index in [0.29, 0.717) is 19.5 Å². The molecule has 7 heteroatoms. The van der Waals surface area contributed by atoms with E-state index in [2.05, 4.69) is 5.32 Å². The van der Waals surface area contributed by atoms with Gasteiger partial charge in [-0.05, 0) is 38.8 Å². The standard InChI is InChI=1S/C13H24N2O4S/c1-3-14-13(12(16)17,10-4-5-10)9-15(2)11-6-7-20(18,19)8-11/h10-11,14H,3-9H2,1-2H3,(H,16,17). The molecule has 0 spiro atoms. The molecule has 2 rings (SSSR count). The lowest BCUT2D eigenvalue weighted by Gasteiger charge is -2.36. The van der Waals surface area contributed by atoms with Crippen LogP contribution in [-0.4, -0.2) is 67.6 Å². The Bertz CT molecular complexity index is 475. The van der Waals surface area contributed by atoms with Gasteiger partial charge >= 0.3 is 5.97 Å². The first-order chi connectivity index (χ1) is 9.31. The highest BCUT2D eigenvalue weighted by Crippen LogP contribution is 2.40. The second-order valence-corrected chi connectivity index (χ2v) is 8.28. The van der Waals surface area contributed by atoms with Gasteiger partial charge in [0.2, 0.25) is 0 Å². The van der Waals surface area contributed by atoms with Crippen LogP contribution in [0.15, 0.2) is 0 Å². The maximum Gasteiger partial charge on any atom is 0.325 e. The summed E-state index contributed by atoms with van der Waals surface area (Å²) in [6.45, 7) is 2.86. The lowest BCUT2D eigenvalue weighted by molar-refractivity contribution is -0.147. The predicted octanol–water partition coefficient (Wildman–Crippen LogP) is -0.0518. The van der Waals surface area contributed by atoms with E-state index in [9.17, 15) is 18.3 Å². The van der Waals surface area contributed by atoms with Crippen molar-refractivity contribution in [2.24, 2.45) is 5.92 Å². The first-order valence-electron chi connectivity index (χ1n) is 7.20. The number of carboxylic acid groups (broad SMARTS) is 1. The van der Waals surface area contributed by atoms with Crippen LogP contribution in [0.3, 0.4) is 0 Å². The molecule has 20 heavy (non-hydrogen) atoms. The number of rotatable bonds is 7. The molecular weight excluding hydrogens is 280 g/mol. The minimum absolute atomic E-state index is 0.0591. The van der Waals surface area contributed by atoms with Gasteiger partial charge in [-0.15, -0.1) is 0 Å². The van der Waals surface area contributed by atoms with E-state index in [1.54, 1.807) is 0 Å². The Labute approximate surface area is 120 Å². The molecule has 1 aliphatic heterocycles. The second-order valence-electron chi connectivity index (χ2n) is 6.05. The summed E-state index contributed by atoms with van der Waals surface area (Å²) < 4.78 is 23.1. The molecule has 0 radical (unpaired) electrons. The van der Waals surface area contributed by atoms with Crippen LogP contribution in [-0.2, 0) is 14.6 Å². The van der Waals surface area contributed by atoms with E-state index >= 15 is 0 Å². The second kappa shape index (κ2) is 5.61. The maximum absolute atomic E-state index is 11.8. The summed E-state index contributed by atoms with van der Waals surface area (Å²) in [4.78, 5) is 13.7. The molecular formula is C13H24N2O4S. The lowest BCUT2D eigenvalue weighted by atomic mass is 9.91. The topological polar surface area (TPSA) is 86.7 Å². The zero-order valence-corrected chi connectivity index (χ0v) is 12.9. The van der Waals surface area contributed by atoms with Gasteiger partial charge in [-0.3, -0.25) is 9.69 Å². The molecule has 1 saturated heterocycles. The Balaban J connectivity index is 2.09. The maximum atomic E-state index is 11.8. The first kappa shape index (κ1) is 15.7. The minimum atomic E-state index is -2.94. The van der Waals surface area contributed by atoms with Gasteiger partial charge in [-0.2, -0.15) is 0 Å². The van der Waals surface area contributed by atoms with Crippen molar-refractivity contribution in [3.8, 4) is 0 Å². The van der Waals surface area contributed by atoms with Crippen molar-refractivity contribution in [2.45, 2.75) is 37.8 Å². The smallest absolute Gasteiger partial charge is 0.325 e. The normalized spacial score (nSPS) is 28.4. The Morgan fingerprint density at radius 2 is 2.05 bits per heavy atom. The largest absolute Gasteiger partial charge is 0.480 e. The van der Waals surface area contributed by atoms with Gasteiger partial charge < -0.3 is 10.4 Å². The van der Waals surface area contributed by atoms with Gasteiger partial charge in [0.15, 0.2) is 9.84 Å². The SMILES string of the molecule is CCNC(CN(C)C1CCS(=O)(=O)C1)(C(=O)O)C1CC1. The van der Waals surface area contributed by atoms with Crippen LogP contribution in [0.1, 0.15) is 26.2 Å². The van der Waals surface area contributed by atoms with Crippen LogP contribution in [0.5, 0.6) is 0 Å². The molecule has 0 bridgehead atoms. The van der Waals surface area contributed by atoms with Gasteiger partial charge in [0.25, 0.3) is 0 Å². The van der Waals surface area contributed by atoms with Crippen molar-refractivity contribution >= 4 is 15.8 Å². The monoisotopic (exact) mass is 304 g/mol. The fraction of sp³-hybridized carbons (Fsp3) is 0.923. The number of carbonyl (C=O) groups is 1.